The summed E-state index contributed by atoms with van der Waals surface area (Å²) in [5.41, 5.74) is 4.08. The van der Waals surface area contributed by atoms with E-state index in [0.717, 1.165) is 29.3 Å². The number of carboxylic acid groups (broad SMARTS) is 1. The van der Waals surface area contributed by atoms with E-state index < -0.39 is 5.97 Å². The van der Waals surface area contributed by atoms with Crippen molar-refractivity contribution in [3.63, 3.8) is 0 Å². The van der Waals surface area contributed by atoms with E-state index in [1.165, 1.54) is 22.5 Å². The molecule has 0 spiro atoms. The first kappa shape index (κ1) is 17.9. The Hall–Kier alpha value is -2.44. The van der Waals surface area contributed by atoms with Crippen LogP contribution in [0.4, 0.5) is 5.00 Å². The number of amides is 1. The minimum absolute atomic E-state index is 0.0607. The van der Waals surface area contributed by atoms with Gasteiger partial charge in [0.25, 0.3) is 0 Å². The number of nitrogens with zero attached hydrogens (tertiary/aromatic N) is 1. The molecule has 136 valence electrons. The van der Waals surface area contributed by atoms with Gasteiger partial charge in [-0.25, -0.2) is 4.79 Å². The molecule has 1 N–H and O–H groups in total. The van der Waals surface area contributed by atoms with Gasteiger partial charge in [-0.1, -0.05) is 52.3 Å². The highest BCUT2D eigenvalue weighted by Gasteiger charge is 2.31. The topological polar surface area (TPSA) is 57.6 Å². The highest BCUT2D eigenvalue weighted by Crippen LogP contribution is 2.40. The van der Waals surface area contributed by atoms with E-state index in [1.807, 2.05) is 41.8 Å². The van der Waals surface area contributed by atoms with Crippen LogP contribution in [0.1, 0.15) is 21.5 Å². The van der Waals surface area contributed by atoms with Crippen molar-refractivity contribution in [2.75, 3.05) is 4.90 Å². The normalized spacial score (nSPS) is 13.4. The van der Waals surface area contributed by atoms with Gasteiger partial charge < -0.3 is 10.0 Å². The van der Waals surface area contributed by atoms with Gasteiger partial charge in [0.2, 0.25) is 6.41 Å². The number of anilines is 1. The van der Waals surface area contributed by atoms with Gasteiger partial charge in [-0.15, -0.1) is 11.3 Å². The summed E-state index contributed by atoms with van der Waals surface area (Å²) in [5.74, 6) is -1.02. The average Bonchev–Trinajstić information content (AvgIpc) is 3.27. The Bertz CT molecular complexity index is 988. The molecule has 0 unspecified atom stereocenters. The third-order valence-corrected chi connectivity index (χ3v) is 6.43. The van der Waals surface area contributed by atoms with Gasteiger partial charge in [-0.3, -0.25) is 4.79 Å². The molecule has 0 aliphatic heterocycles. The number of carboxylic acids is 1. The van der Waals surface area contributed by atoms with E-state index >= 15 is 0 Å². The van der Waals surface area contributed by atoms with Gasteiger partial charge in [-0.05, 0) is 41.7 Å². The Morgan fingerprint density at radius 2 is 1.74 bits per heavy atom. The molecule has 1 aliphatic rings. The van der Waals surface area contributed by atoms with Crippen LogP contribution in [0.15, 0.2) is 58.4 Å². The lowest BCUT2D eigenvalue weighted by atomic mass is 10.0. The molecule has 27 heavy (non-hydrogen) atoms. The number of thiophene rings is 1. The highest BCUT2D eigenvalue weighted by molar-refractivity contribution is 9.10. The molecule has 0 atom stereocenters. The minimum atomic E-state index is -1.02. The number of benzene rings is 2. The smallest absolute Gasteiger partial charge is 0.339 e. The van der Waals surface area contributed by atoms with Crippen molar-refractivity contribution in [2.45, 2.75) is 18.9 Å². The second-order valence-corrected chi connectivity index (χ2v) is 8.26. The summed E-state index contributed by atoms with van der Waals surface area (Å²) >= 11 is 4.70. The quantitative estimate of drug-likeness (QED) is 0.566. The van der Waals surface area contributed by atoms with Gasteiger partial charge in [-0.2, -0.15) is 0 Å². The molecule has 1 amide bonds. The van der Waals surface area contributed by atoms with Crippen LogP contribution >= 0.6 is 27.3 Å². The lowest BCUT2D eigenvalue weighted by Gasteiger charge is -2.24. The Balaban J connectivity index is 1.73. The molecule has 0 bridgehead atoms. The van der Waals surface area contributed by atoms with E-state index in [0.29, 0.717) is 10.6 Å². The molecule has 1 aromatic heterocycles. The molecule has 1 aliphatic carbocycles. The number of carbonyl (C=O) groups excluding carboxylic acids is 1. The number of halogens is 1. The predicted molar refractivity (Wildman–Crippen MR) is 111 cm³/mol. The van der Waals surface area contributed by atoms with Crippen LogP contribution in [0.3, 0.4) is 0 Å². The standard InChI is InChI=1S/C21H16BrNO3S/c22-16-7-5-13(6-8-16)18-11-27-20(19(18)21(25)26)23(12-24)17-9-14-3-1-2-4-15(14)10-17/h1-8,11-12,17H,9-10H2,(H,25,26). The SMILES string of the molecule is O=CN(c1scc(-c2ccc(Br)cc2)c1C(=O)O)C1Cc2ccccc2C1. The summed E-state index contributed by atoms with van der Waals surface area (Å²) in [7, 11) is 0. The summed E-state index contributed by atoms with van der Waals surface area (Å²) in [6, 6.07) is 15.6. The van der Waals surface area contributed by atoms with Gasteiger partial charge in [0.1, 0.15) is 10.6 Å². The molecule has 4 rings (SSSR count). The number of aromatic carboxylic acids is 1. The molecule has 3 aromatic rings. The third-order valence-electron chi connectivity index (χ3n) is 4.91. The number of rotatable bonds is 5. The Kier molecular flexibility index (Phi) is 4.85. The predicted octanol–water partition coefficient (Wildman–Crippen LogP) is 5.01. The molecule has 6 heteroatoms. The molecular weight excluding hydrogens is 426 g/mol. The second kappa shape index (κ2) is 7.29. The highest BCUT2D eigenvalue weighted by atomic mass is 79.9. The van der Waals surface area contributed by atoms with Crippen molar-refractivity contribution in [1.29, 1.82) is 0 Å². The molecule has 0 fully saturated rings. The number of hydrogen-bond donors (Lipinski definition) is 1. The van der Waals surface area contributed by atoms with E-state index in [-0.39, 0.29) is 11.6 Å². The monoisotopic (exact) mass is 441 g/mol. The fourth-order valence-electron chi connectivity index (χ4n) is 3.62. The average molecular weight is 442 g/mol. The van der Waals surface area contributed by atoms with Crippen LogP contribution in [0.2, 0.25) is 0 Å². The van der Waals surface area contributed by atoms with Gasteiger partial charge in [0.05, 0.1) is 0 Å². The van der Waals surface area contributed by atoms with Crippen molar-refractivity contribution >= 4 is 44.6 Å². The van der Waals surface area contributed by atoms with E-state index in [4.69, 9.17) is 0 Å². The van der Waals surface area contributed by atoms with Crippen LogP contribution in [0.5, 0.6) is 0 Å². The van der Waals surface area contributed by atoms with Gasteiger partial charge in [0, 0.05) is 21.5 Å². The Labute approximate surface area is 169 Å². The van der Waals surface area contributed by atoms with Gasteiger partial charge in [0.15, 0.2) is 0 Å². The van der Waals surface area contributed by atoms with Crippen LogP contribution in [0, 0.1) is 0 Å². The number of carbonyl (C=O) groups is 2. The molecule has 2 aromatic carbocycles. The van der Waals surface area contributed by atoms with Crippen LogP contribution in [-0.2, 0) is 17.6 Å². The number of fused-ring (bicyclic) bond motifs is 1. The van der Waals surface area contributed by atoms with Crippen LogP contribution in [0.25, 0.3) is 11.1 Å². The molecule has 1 heterocycles. The largest absolute Gasteiger partial charge is 0.478 e. The maximum Gasteiger partial charge on any atom is 0.339 e. The van der Waals surface area contributed by atoms with Crippen molar-refractivity contribution in [3.8, 4) is 11.1 Å². The van der Waals surface area contributed by atoms with E-state index in [9.17, 15) is 14.7 Å². The molecule has 4 nitrogen and oxygen atoms in total. The fourth-order valence-corrected chi connectivity index (χ4v) is 5.00. The maximum absolute atomic E-state index is 12.1. The molecule has 0 radical (unpaired) electrons. The van der Waals surface area contributed by atoms with Gasteiger partial charge >= 0.3 is 5.97 Å². The van der Waals surface area contributed by atoms with Crippen molar-refractivity contribution in [3.05, 3.63) is 75.1 Å². The van der Waals surface area contributed by atoms with Crippen molar-refractivity contribution in [2.24, 2.45) is 0 Å². The first-order valence-corrected chi connectivity index (χ1v) is 10.2. The van der Waals surface area contributed by atoms with E-state index in [1.54, 1.807) is 4.90 Å². The number of hydrogen-bond acceptors (Lipinski definition) is 3. The summed E-state index contributed by atoms with van der Waals surface area (Å²) in [6.45, 7) is 0. The lowest BCUT2D eigenvalue weighted by molar-refractivity contribution is -0.107. The zero-order valence-electron chi connectivity index (χ0n) is 14.3. The van der Waals surface area contributed by atoms with Crippen LogP contribution < -0.4 is 4.90 Å². The third kappa shape index (κ3) is 3.31. The molecule has 0 saturated carbocycles. The zero-order chi connectivity index (χ0) is 19.0. The summed E-state index contributed by atoms with van der Waals surface area (Å²) in [6.07, 6.45) is 2.24. The summed E-state index contributed by atoms with van der Waals surface area (Å²) < 4.78 is 0.928. The first-order valence-electron chi connectivity index (χ1n) is 8.49. The Morgan fingerprint density at radius 1 is 1.11 bits per heavy atom. The molecular formula is C21H16BrNO3S. The zero-order valence-corrected chi connectivity index (χ0v) is 16.7. The summed E-state index contributed by atoms with van der Waals surface area (Å²) in [4.78, 5) is 25.6. The van der Waals surface area contributed by atoms with E-state index in [2.05, 4.69) is 28.1 Å². The Morgan fingerprint density at radius 3 is 2.30 bits per heavy atom. The maximum atomic E-state index is 12.1. The first-order chi connectivity index (χ1) is 13.1. The summed E-state index contributed by atoms with van der Waals surface area (Å²) in [5, 5.41) is 12.2. The van der Waals surface area contributed by atoms with Crippen LogP contribution in [-0.4, -0.2) is 23.5 Å². The molecule has 0 saturated heterocycles. The second-order valence-electron chi connectivity index (χ2n) is 6.49. The fraction of sp³-hybridized carbons (Fsp3) is 0.143. The minimum Gasteiger partial charge on any atom is -0.478 e. The lowest BCUT2D eigenvalue weighted by Crippen LogP contribution is -2.35. The van der Waals surface area contributed by atoms with Crippen molar-refractivity contribution < 1.29 is 14.7 Å². The van der Waals surface area contributed by atoms with Crippen molar-refractivity contribution in [1.82, 2.24) is 0 Å².